The van der Waals surface area contributed by atoms with Gasteiger partial charge in [0.1, 0.15) is 5.58 Å². The number of aromatic carboxylic acids is 2. The molecule has 0 radical (unpaired) electrons. The maximum absolute atomic E-state index is 12.6. The van der Waals surface area contributed by atoms with E-state index in [1.165, 1.54) is 18.2 Å². The molecule has 0 unspecified atom stereocenters. The lowest BCUT2D eigenvalue weighted by Crippen LogP contribution is -2.18. The van der Waals surface area contributed by atoms with Gasteiger partial charge in [0.25, 0.3) is 0 Å². The first-order chi connectivity index (χ1) is 11.0. The monoisotopic (exact) mass is 310 g/mol. The van der Waals surface area contributed by atoms with Crippen LogP contribution in [-0.2, 0) is 0 Å². The van der Waals surface area contributed by atoms with Gasteiger partial charge in [0, 0.05) is 5.56 Å². The van der Waals surface area contributed by atoms with E-state index in [2.05, 4.69) is 0 Å². The summed E-state index contributed by atoms with van der Waals surface area (Å²) in [5.74, 6) is -2.90. The number of carbonyl (C=O) groups is 2. The Kier molecular flexibility index (Phi) is 3.42. The van der Waals surface area contributed by atoms with Crippen LogP contribution in [0.5, 0.6) is 0 Å². The normalized spacial score (nSPS) is 10.6. The van der Waals surface area contributed by atoms with E-state index in [4.69, 9.17) is 4.42 Å². The molecule has 23 heavy (non-hydrogen) atoms. The SMILES string of the molecule is O=C(O)c1c(-c2ccccc2)oc2cccc(C(=O)O)c2c1=O. The van der Waals surface area contributed by atoms with Crippen LogP contribution >= 0.6 is 0 Å². The minimum Gasteiger partial charge on any atom is -0.478 e. The molecule has 6 nitrogen and oxygen atoms in total. The van der Waals surface area contributed by atoms with E-state index in [-0.39, 0.29) is 22.3 Å². The molecule has 0 spiro atoms. The number of carboxylic acid groups (broad SMARTS) is 2. The summed E-state index contributed by atoms with van der Waals surface area (Å²) in [4.78, 5) is 35.4. The Bertz CT molecular complexity index is 985. The van der Waals surface area contributed by atoms with Crippen molar-refractivity contribution in [1.82, 2.24) is 0 Å². The van der Waals surface area contributed by atoms with Gasteiger partial charge in [-0.1, -0.05) is 36.4 Å². The molecule has 3 aromatic rings. The molecule has 0 bridgehead atoms. The van der Waals surface area contributed by atoms with E-state index >= 15 is 0 Å². The molecule has 2 aromatic carbocycles. The molecule has 2 N–H and O–H groups in total. The topological polar surface area (TPSA) is 105 Å². The lowest BCUT2D eigenvalue weighted by Gasteiger charge is -2.08. The Balaban J connectivity index is 2.49. The first-order valence-corrected chi connectivity index (χ1v) is 6.62. The van der Waals surface area contributed by atoms with Crippen LogP contribution in [-0.4, -0.2) is 22.2 Å². The summed E-state index contributed by atoms with van der Waals surface area (Å²) in [6, 6.07) is 12.4. The molecule has 0 fully saturated rings. The van der Waals surface area contributed by atoms with Crippen LogP contribution in [0, 0.1) is 0 Å². The van der Waals surface area contributed by atoms with Crippen LogP contribution in [0.25, 0.3) is 22.3 Å². The first-order valence-electron chi connectivity index (χ1n) is 6.62. The standard InChI is InChI=1S/C17H10O6/c18-14-12-10(16(19)20)7-4-8-11(12)23-15(13(14)17(21)22)9-5-2-1-3-6-9/h1-8H,(H,19,20)(H,21,22). The molecular weight excluding hydrogens is 300 g/mol. The van der Waals surface area contributed by atoms with Crippen molar-refractivity contribution in [2.24, 2.45) is 0 Å². The molecule has 114 valence electrons. The lowest BCUT2D eigenvalue weighted by atomic mass is 10.0. The van der Waals surface area contributed by atoms with E-state index in [9.17, 15) is 24.6 Å². The maximum Gasteiger partial charge on any atom is 0.343 e. The van der Waals surface area contributed by atoms with Crippen molar-refractivity contribution in [3.63, 3.8) is 0 Å². The second-order valence-electron chi connectivity index (χ2n) is 4.79. The number of hydrogen-bond acceptors (Lipinski definition) is 4. The van der Waals surface area contributed by atoms with Crippen molar-refractivity contribution in [2.75, 3.05) is 0 Å². The number of benzene rings is 2. The highest BCUT2D eigenvalue weighted by atomic mass is 16.4. The van der Waals surface area contributed by atoms with Gasteiger partial charge < -0.3 is 14.6 Å². The van der Waals surface area contributed by atoms with Crippen LogP contribution < -0.4 is 5.43 Å². The zero-order valence-electron chi connectivity index (χ0n) is 11.6. The highest BCUT2D eigenvalue weighted by Crippen LogP contribution is 2.27. The van der Waals surface area contributed by atoms with Gasteiger partial charge in [-0.25, -0.2) is 9.59 Å². The Hall–Kier alpha value is -3.41. The number of rotatable bonds is 3. The quantitative estimate of drug-likeness (QED) is 0.770. The van der Waals surface area contributed by atoms with Gasteiger partial charge in [0.05, 0.1) is 10.9 Å². The Morgan fingerprint density at radius 3 is 2.17 bits per heavy atom. The molecule has 0 aliphatic rings. The molecular formula is C17H10O6. The van der Waals surface area contributed by atoms with Gasteiger partial charge in [-0.3, -0.25) is 4.79 Å². The zero-order valence-corrected chi connectivity index (χ0v) is 11.6. The molecule has 1 aromatic heterocycles. The van der Waals surface area contributed by atoms with Gasteiger partial charge in [0.15, 0.2) is 11.3 Å². The summed E-state index contributed by atoms with van der Waals surface area (Å²) in [5.41, 5.74) is -1.31. The Labute approximate surface area is 129 Å². The molecule has 0 saturated heterocycles. The van der Waals surface area contributed by atoms with Gasteiger partial charge in [-0.15, -0.1) is 0 Å². The smallest absolute Gasteiger partial charge is 0.343 e. The minimum atomic E-state index is -1.47. The molecule has 0 aliphatic carbocycles. The zero-order chi connectivity index (χ0) is 16.6. The number of carboxylic acids is 2. The molecule has 0 saturated carbocycles. The second-order valence-corrected chi connectivity index (χ2v) is 4.79. The summed E-state index contributed by atoms with van der Waals surface area (Å²) in [5, 5.41) is 18.3. The molecule has 3 rings (SSSR count). The van der Waals surface area contributed by atoms with Crippen molar-refractivity contribution in [2.45, 2.75) is 0 Å². The molecule has 0 atom stereocenters. The molecule has 0 amide bonds. The van der Waals surface area contributed by atoms with Crippen LogP contribution in [0.15, 0.2) is 57.7 Å². The van der Waals surface area contributed by atoms with Crippen molar-refractivity contribution in [1.29, 1.82) is 0 Å². The number of hydrogen-bond donors (Lipinski definition) is 2. The van der Waals surface area contributed by atoms with E-state index in [1.54, 1.807) is 30.3 Å². The minimum absolute atomic E-state index is 0.0266. The van der Waals surface area contributed by atoms with E-state index in [0.29, 0.717) is 5.56 Å². The molecule has 6 heteroatoms. The largest absolute Gasteiger partial charge is 0.478 e. The van der Waals surface area contributed by atoms with Crippen LogP contribution in [0.4, 0.5) is 0 Å². The molecule has 1 heterocycles. The fourth-order valence-corrected chi connectivity index (χ4v) is 2.40. The predicted octanol–water partition coefficient (Wildman–Crippen LogP) is 2.86. The average molecular weight is 310 g/mol. The fraction of sp³-hybridized carbons (Fsp3) is 0. The Morgan fingerprint density at radius 1 is 0.870 bits per heavy atom. The highest BCUT2D eigenvalue weighted by Gasteiger charge is 2.24. The van der Waals surface area contributed by atoms with Crippen molar-refractivity contribution < 1.29 is 24.2 Å². The van der Waals surface area contributed by atoms with Gasteiger partial charge in [0.2, 0.25) is 5.43 Å². The van der Waals surface area contributed by atoms with Crippen LogP contribution in [0.2, 0.25) is 0 Å². The van der Waals surface area contributed by atoms with E-state index in [1.807, 2.05) is 0 Å². The first kappa shape index (κ1) is 14.5. The van der Waals surface area contributed by atoms with Crippen LogP contribution in [0.1, 0.15) is 20.7 Å². The third kappa shape index (κ3) is 2.36. The Morgan fingerprint density at radius 2 is 1.57 bits per heavy atom. The third-order valence-corrected chi connectivity index (χ3v) is 3.40. The second kappa shape index (κ2) is 5.42. The average Bonchev–Trinajstić information content (AvgIpc) is 2.54. The van der Waals surface area contributed by atoms with Gasteiger partial charge in [-0.05, 0) is 12.1 Å². The highest BCUT2D eigenvalue weighted by molar-refractivity contribution is 6.05. The summed E-state index contributed by atoms with van der Waals surface area (Å²) < 4.78 is 5.57. The van der Waals surface area contributed by atoms with Gasteiger partial charge in [-0.2, -0.15) is 0 Å². The van der Waals surface area contributed by atoms with Crippen molar-refractivity contribution in [3.05, 3.63) is 69.9 Å². The summed E-state index contributed by atoms with van der Waals surface area (Å²) >= 11 is 0. The predicted molar refractivity (Wildman–Crippen MR) is 81.8 cm³/mol. The summed E-state index contributed by atoms with van der Waals surface area (Å²) in [6.45, 7) is 0. The fourth-order valence-electron chi connectivity index (χ4n) is 2.40. The van der Waals surface area contributed by atoms with Crippen molar-refractivity contribution >= 4 is 22.9 Å². The lowest BCUT2D eigenvalue weighted by molar-refractivity contribution is 0.0683. The van der Waals surface area contributed by atoms with Gasteiger partial charge >= 0.3 is 11.9 Å². The number of fused-ring (bicyclic) bond motifs is 1. The third-order valence-electron chi connectivity index (χ3n) is 3.40. The van der Waals surface area contributed by atoms with E-state index < -0.39 is 22.9 Å². The summed E-state index contributed by atoms with van der Waals surface area (Å²) in [6.07, 6.45) is 0. The molecule has 0 aliphatic heterocycles. The maximum atomic E-state index is 12.6. The van der Waals surface area contributed by atoms with Crippen LogP contribution in [0.3, 0.4) is 0 Å². The summed E-state index contributed by atoms with van der Waals surface area (Å²) in [7, 11) is 0. The van der Waals surface area contributed by atoms with E-state index in [0.717, 1.165) is 0 Å². The van der Waals surface area contributed by atoms with Crippen molar-refractivity contribution in [3.8, 4) is 11.3 Å².